The van der Waals surface area contributed by atoms with Gasteiger partial charge in [-0.25, -0.2) is 18.2 Å². The maximum Gasteiger partial charge on any atom is 0.271 e. The van der Waals surface area contributed by atoms with Gasteiger partial charge in [0, 0.05) is 19.2 Å². The van der Waals surface area contributed by atoms with Crippen molar-refractivity contribution >= 4 is 15.9 Å². The summed E-state index contributed by atoms with van der Waals surface area (Å²) in [6.07, 6.45) is 0.518. The van der Waals surface area contributed by atoms with Crippen LogP contribution in [0.4, 0.5) is 0 Å². The molecule has 0 spiro atoms. The number of sulfonamides is 1. The minimum atomic E-state index is -3.71. The van der Waals surface area contributed by atoms with Crippen LogP contribution in [0, 0.1) is 0 Å². The van der Waals surface area contributed by atoms with Crippen molar-refractivity contribution in [1.29, 1.82) is 0 Å². The largest absolute Gasteiger partial charge is 0.350 e. The lowest BCUT2D eigenvalue weighted by molar-refractivity contribution is 0.0946. The normalized spacial score (nSPS) is 11.2. The molecule has 0 aliphatic carbocycles. The minimum Gasteiger partial charge on any atom is -0.350 e. The van der Waals surface area contributed by atoms with Crippen molar-refractivity contribution < 1.29 is 13.2 Å². The van der Waals surface area contributed by atoms with Gasteiger partial charge in [0.1, 0.15) is 5.69 Å². The highest BCUT2D eigenvalue weighted by Crippen LogP contribution is 2.08. The van der Waals surface area contributed by atoms with E-state index in [2.05, 4.69) is 10.4 Å². The molecule has 3 N–H and O–H groups in total. The van der Waals surface area contributed by atoms with Gasteiger partial charge in [0.25, 0.3) is 11.5 Å². The molecule has 0 radical (unpaired) electrons. The number of hydrogen-bond acceptors (Lipinski definition) is 5. The summed E-state index contributed by atoms with van der Waals surface area (Å²) in [6, 6.07) is 8.81. The molecule has 2 rings (SSSR count). The van der Waals surface area contributed by atoms with Crippen molar-refractivity contribution in [2.75, 3.05) is 6.54 Å². The fourth-order valence-electron chi connectivity index (χ4n) is 2.05. The lowest BCUT2D eigenvalue weighted by Crippen LogP contribution is -2.30. The predicted octanol–water partition coefficient (Wildman–Crippen LogP) is -0.117. The number of carbonyl (C=O) groups is 1. The van der Waals surface area contributed by atoms with E-state index >= 15 is 0 Å². The second-order valence-corrected chi connectivity index (χ2v) is 6.63. The third-order valence-electron chi connectivity index (χ3n) is 3.35. The third-order valence-corrected chi connectivity index (χ3v) is 4.28. The highest BCUT2D eigenvalue weighted by molar-refractivity contribution is 7.89. The molecule has 0 saturated carbocycles. The van der Waals surface area contributed by atoms with Gasteiger partial charge in [0.15, 0.2) is 0 Å². The highest BCUT2D eigenvalue weighted by atomic mass is 32.2. The fourth-order valence-corrected chi connectivity index (χ4v) is 2.57. The molecule has 2 aromatic rings. The van der Waals surface area contributed by atoms with Gasteiger partial charge >= 0.3 is 0 Å². The summed E-state index contributed by atoms with van der Waals surface area (Å²) >= 11 is 0. The van der Waals surface area contributed by atoms with Crippen LogP contribution in [0.15, 0.2) is 46.1 Å². The predicted molar refractivity (Wildman–Crippen MR) is 88.0 cm³/mol. The van der Waals surface area contributed by atoms with Crippen LogP contribution in [0.2, 0.25) is 0 Å². The number of aromatic nitrogens is 2. The molecule has 1 aromatic heterocycles. The Morgan fingerprint density at radius 3 is 2.46 bits per heavy atom. The number of primary sulfonamides is 1. The van der Waals surface area contributed by atoms with Crippen LogP contribution in [-0.2, 0) is 23.0 Å². The van der Waals surface area contributed by atoms with E-state index < -0.39 is 10.0 Å². The molecule has 0 bridgehead atoms. The summed E-state index contributed by atoms with van der Waals surface area (Å²) in [4.78, 5) is 23.5. The van der Waals surface area contributed by atoms with Gasteiger partial charge in [-0.2, -0.15) is 5.10 Å². The van der Waals surface area contributed by atoms with Gasteiger partial charge in [0.05, 0.1) is 4.90 Å². The Kier molecular flexibility index (Phi) is 5.47. The standard InChI is InChI=1S/C15H18N4O4S/c1-2-19-14(20)8-7-13(18-19)15(21)17-10-9-11-3-5-12(6-4-11)24(16,22)23/h3-8H,2,9-10H2,1H3,(H,17,21)(H2,16,22,23). The van der Waals surface area contributed by atoms with Crippen molar-refractivity contribution in [3.05, 3.63) is 58.0 Å². The first kappa shape index (κ1) is 17.8. The van der Waals surface area contributed by atoms with E-state index in [4.69, 9.17) is 5.14 Å². The van der Waals surface area contributed by atoms with E-state index in [0.717, 1.165) is 5.56 Å². The molecule has 128 valence electrons. The summed E-state index contributed by atoms with van der Waals surface area (Å²) in [5.74, 6) is -0.377. The Morgan fingerprint density at radius 2 is 1.88 bits per heavy atom. The number of aryl methyl sites for hydroxylation is 1. The molecule has 0 aliphatic heterocycles. The first-order chi connectivity index (χ1) is 11.3. The second-order valence-electron chi connectivity index (χ2n) is 5.07. The molecule has 1 heterocycles. The van der Waals surface area contributed by atoms with Gasteiger partial charge < -0.3 is 5.32 Å². The van der Waals surface area contributed by atoms with Crippen molar-refractivity contribution in [3.8, 4) is 0 Å². The monoisotopic (exact) mass is 350 g/mol. The number of carbonyl (C=O) groups excluding carboxylic acids is 1. The fraction of sp³-hybridized carbons (Fsp3) is 0.267. The van der Waals surface area contributed by atoms with Gasteiger partial charge in [-0.1, -0.05) is 12.1 Å². The van der Waals surface area contributed by atoms with E-state index in [0.29, 0.717) is 19.5 Å². The quantitative estimate of drug-likeness (QED) is 0.752. The van der Waals surface area contributed by atoms with E-state index in [1.165, 1.54) is 28.9 Å². The average Bonchev–Trinajstić information content (AvgIpc) is 2.55. The zero-order chi connectivity index (χ0) is 17.7. The summed E-state index contributed by atoms with van der Waals surface area (Å²) in [5, 5.41) is 11.7. The second kappa shape index (κ2) is 7.37. The molecule has 0 atom stereocenters. The molecule has 24 heavy (non-hydrogen) atoms. The smallest absolute Gasteiger partial charge is 0.271 e. The van der Waals surface area contributed by atoms with E-state index in [1.54, 1.807) is 19.1 Å². The maximum atomic E-state index is 12.0. The Balaban J connectivity index is 1.94. The number of amides is 1. The Bertz CT molecular complexity index is 888. The van der Waals surface area contributed by atoms with Gasteiger partial charge in [-0.15, -0.1) is 0 Å². The van der Waals surface area contributed by atoms with E-state index in [1.807, 2.05) is 0 Å². The van der Waals surface area contributed by atoms with Crippen molar-refractivity contribution in [1.82, 2.24) is 15.1 Å². The molecule has 1 aromatic carbocycles. The molecule has 0 unspecified atom stereocenters. The molecule has 8 nitrogen and oxygen atoms in total. The lowest BCUT2D eigenvalue weighted by Gasteiger charge is -2.07. The first-order valence-corrected chi connectivity index (χ1v) is 8.84. The number of nitrogens with two attached hydrogens (primary N) is 1. The average molecular weight is 350 g/mol. The summed E-state index contributed by atoms with van der Waals surface area (Å²) < 4.78 is 23.5. The van der Waals surface area contributed by atoms with E-state index in [-0.39, 0.29) is 22.1 Å². The Morgan fingerprint density at radius 1 is 1.21 bits per heavy atom. The summed E-state index contributed by atoms with van der Waals surface area (Å²) in [7, 11) is -3.71. The Labute approximate surface area is 139 Å². The van der Waals surface area contributed by atoms with Crippen LogP contribution in [0.1, 0.15) is 23.0 Å². The lowest BCUT2D eigenvalue weighted by atomic mass is 10.1. The first-order valence-electron chi connectivity index (χ1n) is 7.29. The number of hydrogen-bond donors (Lipinski definition) is 2. The number of rotatable bonds is 6. The number of benzene rings is 1. The SMILES string of the molecule is CCn1nc(C(=O)NCCc2ccc(S(N)(=O)=O)cc2)ccc1=O. The number of nitrogens with one attached hydrogen (secondary N) is 1. The molecule has 0 aliphatic rings. The molecular weight excluding hydrogens is 332 g/mol. The van der Waals surface area contributed by atoms with Crippen LogP contribution in [-0.4, -0.2) is 30.7 Å². The summed E-state index contributed by atoms with van der Waals surface area (Å²) in [6.45, 7) is 2.50. The van der Waals surface area contributed by atoms with Crippen molar-refractivity contribution in [3.63, 3.8) is 0 Å². The zero-order valence-corrected chi connectivity index (χ0v) is 13.9. The van der Waals surface area contributed by atoms with Crippen LogP contribution in [0.3, 0.4) is 0 Å². The van der Waals surface area contributed by atoms with Gasteiger partial charge in [0.2, 0.25) is 10.0 Å². The molecular formula is C15H18N4O4S. The van der Waals surface area contributed by atoms with Gasteiger partial charge in [-0.05, 0) is 37.1 Å². The molecule has 1 amide bonds. The number of nitrogens with zero attached hydrogens (tertiary/aromatic N) is 2. The molecule has 9 heteroatoms. The van der Waals surface area contributed by atoms with Gasteiger partial charge in [-0.3, -0.25) is 9.59 Å². The van der Waals surface area contributed by atoms with E-state index in [9.17, 15) is 18.0 Å². The summed E-state index contributed by atoms with van der Waals surface area (Å²) in [5.41, 5.74) is 0.763. The topological polar surface area (TPSA) is 124 Å². The van der Waals surface area contributed by atoms with Crippen LogP contribution < -0.4 is 16.0 Å². The van der Waals surface area contributed by atoms with Crippen LogP contribution >= 0.6 is 0 Å². The zero-order valence-electron chi connectivity index (χ0n) is 13.1. The minimum absolute atomic E-state index is 0.0429. The third kappa shape index (κ3) is 4.49. The highest BCUT2D eigenvalue weighted by Gasteiger charge is 2.09. The van der Waals surface area contributed by atoms with Crippen molar-refractivity contribution in [2.24, 2.45) is 5.14 Å². The molecule has 0 fully saturated rings. The van der Waals surface area contributed by atoms with Crippen LogP contribution in [0.5, 0.6) is 0 Å². The van der Waals surface area contributed by atoms with Crippen molar-refractivity contribution in [2.45, 2.75) is 24.8 Å². The molecule has 0 saturated heterocycles. The maximum absolute atomic E-state index is 12.0. The Hall–Kier alpha value is -2.52. The van der Waals surface area contributed by atoms with Crippen LogP contribution in [0.25, 0.3) is 0 Å².